The molecule has 2 rings (SSSR count). The first-order valence-electron chi connectivity index (χ1n) is 6.79. The zero-order valence-corrected chi connectivity index (χ0v) is 11.6. The largest absolute Gasteiger partial charge is 0.330 e. The highest BCUT2D eigenvalue weighted by Gasteiger charge is 2.12. The second-order valence-corrected chi connectivity index (χ2v) is 4.41. The van der Waals surface area contributed by atoms with Crippen molar-refractivity contribution in [1.29, 1.82) is 0 Å². The zero-order valence-electron chi connectivity index (χ0n) is 11.6. The molecule has 4 nitrogen and oxygen atoms in total. The minimum Gasteiger partial charge on any atom is -0.330 e. The van der Waals surface area contributed by atoms with Crippen LogP contribution in [0.5, 0.6) is 0 Å². The highest BCUT2D eigenvalue weighted by molar-refractivity contribution is 5.54. The summed E-state index contributed by atoms with van der Waals surface area (Å²) in [6.07, 6.45) is 6.21. The van der Waals surface area contributed by atoms with Crippen LogP contribution in [0.25, 0.3) is 11.4 Å². The summed E-state index contributed by atoms with van der Waals surface area (Å²) in [5.41, 5.74) is 10.1. The number of nitrogens with two attached hydrogens (primary N) is 1. The van der Waals surface area contributed by atoms with E-state index in [0.717, 1.165) is 42.0 Å². The fourth-order valence-corrected chi connectivity index (χ4v) is 2.22. The molecule has 0 unspecified atom stereocenters. The molecule has 0 saturated carbocycles. The van der Waals surface area contributed by atoms with Gasteiger partial charge < -0.3 is 5.73 Å². The first-order chi connectivity index (χ1) is 9.30. The third-order valence-electron chi connectivity index (χ3n) is 3.16. The predicted molar refractivity (Wildman–Crippen MR) is 76.8 cm³/mol. The van der Waals surface area contributed by atoms with Crippen molar-refractivity contribution in [1.82, 2.24) is 15.0 Å². The first kappa shape index (κ1) is 13.6. The summed E-state index contributed by atoms with van der Waals surface area (Å²) in [5.74, 6) is 0.766. The van der Waals surface area contributed by atoms with Crippen molar-refractivity contribution < 1.29 is 0 Å². The number of rotatable bonds is 5. The Bertz CT molecular complexity index is 512. The van der Waals surface area contributed by atoms with Crippen LogP contribution in [0.1, 0.15) is 30.8 Å². The Morgan fingerprint density at radius 1 is 1.11 bits per heavy atom. The van der Waals surface area contributed by atoms with Gasteiger partial charge in [-0.25, -0.2) is 9.97 Å². The molecule has 0 saturated heterocycles. The van der Waals surface area contributed by atoms with Crippen LogP contribution in [0.15, 0.2) is 24.5 Å². The van der Waals surface area contributed by atoms with Gasteiger partial charge in [-0.15, -0.1) is 0 Å². The average molecular weight is 256 g/mol. The molecule has 2 N–H and O–H groups in total. The summed E-state index contributed by atoms with van der Waals surface area (Å²) in [6, 6.07) is 3.90. The number of aryl methyl sites for hydroxylation is 2. The molecular weight excluding hydrogens is 236 g/mol. The van der Waals surface area contributed by atoms with E-state index in [4.69, 9.17) is 5.73 Å². The molecule has 2 heterocycles. The summed E-state index contributed by atoms with van der Waals surface area (Å²) >= 11 is 0. The van der Waals surface area contributed by atoms with Crippen LogP contribution in [0.3, 0.4) is 0 Å². The fraction of sp³-hybridized carbons (Fsp3) is 0.400. The Balaban J connectivity index is 2.53. The molecule has 0 spiro atoms. The van der Waals surface area contributed by atoms with Gasteiger partial charge in [0.2, 0.25) is 0 Å². The van der Waals surface area contributed by atoms with Crippen LogP contribution in [0, 0.1) is 0 Å². The molecule has 0 bridgehead atoms. The van der Waals surface area contributed by atoms with E-state index in [9.17, 15) is 0 Å². The lowest BCUT2D eigenvalue weighted by atomic mass is 10.0. The molecule has 0 aromatic carbocycles. The van der Waals surface area contributed by atoms with Crippen LogP contribution in [-0.4, -0.2) is 21.5 Å². The summed E-state index contributed by atoms with van der Waals surface area (Å²) in [7, 11) is 0. The van der Waals surface area contributed by atoms with Crippen LogP contribution in [0.4, 0.5) is 0 Å². The third-order valence-corrected chi connectivity index (χ3v) is 3.16. The maximum absolute atomic E-state index is 5.69. The van der Waals surface area contributed by atoms with Gasteiger partial charge in [-0.05, 0) is 43.5 Å². The van der Waals surface area contributed by atoms with Crippen molar-refractivity contribution >= 4 is 0 Å². The highest BCUT2D eigenvalue weighted by atomic mass is 14.9. The van der Waals surface area contributed by atoms with Gasteiger partial charge in [0.05, 0.1) is 0 Å². The Morgan fingerprint density at radius 2 is 1.79 bits per heavy atom. The molecule has 0 atom stereocenters. The zero-order chi connectivity index (χ0) is 13.7. The normalized spacial score (nSPS) is 10.7. The van der Waals surface area contributed by atoms with Crippen LogP contribution < -0.4 is 5.73 Å². The molecule has 0 aliphatic carbocycles. The molecular formula is C15H20N4. The van der Waals surface area contributed by atoms with Gasteiger partial charge in [0.1, 0.15) is 0 Å². The summed E-state index contributed by atoms with van der Waals surface area (Å²) in [5, 5.41) is 0. The van der Waals surface area contributed by atoms with E-state index in [1.54, 1.807) is 12.4 Å². The van der Waals surface area contributed by atoms with Gasteiger partial charge in [-0.2, -0.15) is 0 Å². The quantitative estimate of drug-likeness (QED) is 0.890. The molecule has 19 heavy (non-hydrogen) atoms. The van der Waals surface area contributed by atoms with Gasteiger partial charge in [0, 0.05) is 29.3 Å². The predicted octanol–water partition coefficient (Wildman–Crippen LogP) is 2.16. The lowest BCUT2D eigenvalue weighted by molar-refractivity contribution is 0.844. The number of hydrogen-bond acceptors (Lipinski definition) is 4. The van der Waals surface area contributed by atoms with E-state index in [1.807, 2.05) is 12.1 Å². The van der Waals surface area contributed by atoms with Gasteiger partial charge >= 0.3 is 0 Å². The smallest absolute Gasteiger partial charge is 0.161 e. The molecule has 4 heteroatoms. The van der Waals surface area contributed by atoms with Crippen molar-refractivity contribution in [3.05, 3.63) is 41.5 Å². The Morgan fingerprint density at radius 3 is 2.26 bits per heavy atom. The average Bonchev–Trinajstić information content (AvgIpc) is 2.48. The second kappa shape index (κ2) is 6.38. The van der Waals surface area contributed by atoms with Crippen molar-refractivity contribution in [3.8, 4) is 11.4 Å². The van der Waals surface area contributed by atoms with Gasteiger partial charge in [-0.1, -0.05) is 13.8 Å². The molecule has 0 fully saturated rings. The Hall–Kier alpha value is -1.81. The van der Waals surface area contributed by atoms with E-state index < -0.39 is 0 Å². The maximum atomic E-state index is 5.69. The van der Waals surface area contributed by atoms with Crippen molar-refractivity contribution in [2.75, 3.05) is 6.54 Å². The highest BCUT2D eigenvalue weighted by Crippen LogP contribution is 2.20. The SMILES string of the molecule is CCc1nc(-c2cccnc2)nc(CC)c1CCN. The maximum Gasteiger partial charge on any atom is 0.161 e. The van der Waals surface area contributed by atoms with Crippen LogP contribution in [0.2, 0.25) is 0 Å². The molecule has 0 aliphatic heterocycles. The van der Waals surface area contributed by atoms with Gasteiger partial charge in [0.25, 0.3) is 0 Å². The van der Waals surface area contributed by atoms with Gasteiger partial charge in [0.15, 0.2) is 5.82 Å². The van der Waals surface area contributed by atoms with Crippen molar-refractivity contribution in [2.45, 2.75) is 33.1 Å². The monoisotopic (exact) mass is 256 g/mol. The molecule has 2 aromatic rings. The lowest BCUT2D eigenvalue weighted by Gasteiger charge is -2.13. The third kappa shape index (κ3) is 2.96. The Labute approximate surface area is 114 Å². The molecule has 0 amide bonds. The summed E-state index contributed by atoms with van der Waals surface area (Å²) in [6.45, 7) is 4.87. The molecule has 100 valence electrons. The van der Waals surface area contributed by atoms with E-state index in [1.165, 1.54) is 5.56 Å². The van der Waals surface area contributed by atoms with E-state index >= 15 is 0 Å². The minimum absolute atomic E-state index is 0.635. The number of nitrogens with zero attached hydrogens (tertiary/aromatic N) is 3. The standard InChI is InChI=1S/C15H20N4/c1-3-13-12(7-8-16)14(4-2)19-15(18-13)11-6-5-9-17-10-11/h5-6,9-10H,3-4,7-8,16H2,1-2H3. The second-order valence-electron chi connectivity index (χ2n) is 4.41. The number of hydrogen-bond donors (Lipinski definition) is 1. The lowest BCUT2D eigenvalue weighted by Crippen LogP contribution is -2.12. The topological polar surface area (TPSA) is 64.7 Å². The van der Waals surface area contributed by atoms with Crippen molar-refractivity contribution in [2.24, 2.45) is 5.73 Å². The number of pyridine rings is 1. The molecule has 0 aliphatic rings. The van der Waals surface area contributed by atoms with Crippen LogP contribution in [-0.2, 0) is 19.3 Å². The summed E-state index contributed by atoms with van der Waals surface area (Å²) < 4.78 is 0. The van der Waals surface area contributed by atoms with E-state index in [2.05, 4.69) is 28.8 Å². The summed E-state index contributed by atoms with van der Waals surface area (Å²) in [4.78, 5) is 13.5. The van der Waals surface area contributed by atoms with Gasteiger partial charge in [-0.3, -0.25) is 4.98 Å². The van der Waals surface area contributed by atoms with E-state index in [-0.39, 0.29) is 0 Å². The fourth-order valence-electron chi connectivity index (χ4n) is 2.22. The minimum atomic E-state index is 0.635. The first-order valence-corrected chi connectivity index (χ1v) is 6.79. The van der Waals surface area contributed by atoms with E-state index in [0.29, 0.717) is 6.54 Å². The van der Waals surface area contributed by atoms with Crippen LogP contribution >= 0.6 is 0 Å². The molecule has 2 aromatic heterocycles. The van der Waals surface area contributed by atoms with Crippen molar-refractivity contribution in [3.63, 3.8) is 0 Å². The Kier molecular flexibility index (Phi) is 4.58. The number of aromatic nitrogens is 3. The molecule has 0 radical (unpaired) electrons.